The number of fused-ring (bicyclic) bond motifs is 3. The summed E-state index contributed by atoms with van der Waals surface area (Å²) in [6.45, 7) is 0. The maximum Gasteiger partial charge on any atom is 0.344 e. The molecule has 2 heterocycles. The minimum Gasteiger partial charge on any atom is -0.227 e. The van der Waals surface area contributed by atoms with E-state index in [0.29, 0.717) is 0 Å². The molecule has 2 aromatic heterocycles. The Balaban J connectivity index is 2.68. The summed E-state index contributed by atoms with van der Waals surface area (Å²) in [6, 6.07) is 8.31. The van der Waals surface area contributed by atoms with Gasteiger partial charge in [0, 0.05) is 5.38 Å². The summed E-state index contributed by atoms with van der Waals surface area (Å²) in [5.41, 5.74) is 2.44. The first-order valence-electron chi connectivity index (χ1n) is 3.81. The molecule has 0 saturated carbocycles. The molecule has 0 radical (unpaired) electrons. The molecule has 0 unspecified atom stereocenters. The molecule has 3 aromatic rings. The molecule has 0 aliphatic carbocycles. The maximum atomic E-state index is 3.34. The number of nitrogens with one attached hydrogen (secondary N) is 1. The summed E-state index contributed by atoms with van der Waals surface area (Å²) >= 11 is 1.72. The molecule has 0 atom stereocenters. The predicted molar refractivity (Wildman–Crippen MR) is 49.3 cm³/mol. The molecule has 0 aliphatic heterocycles. The van der Waals surface area contributed by atoms with Crippen molar-refractivity contribution in [2.24, 2.45) is 0 Å². The van der Waals surface area contributed by atoms with Crippen LogP contribution in [0.4, 0.5) is 0 Å². The molecule has 3 heteroatoms. The third-order valence-corrected chi connectivity index (χ3v) is 2.79. The zero-order valence-corrected chi connectivity index (χ0v) is 7.14. The third kappa shape index (κ3) is 0.662. The highest BCUT2D eigenvalue weighted by Gasteiger charge is 2.10. The Morgan fingerprint density at radius 3 is 3.17 bits per heavy atom. The fraction of sp³-hybridized carbons (Fsp3) is 0. The first-order valence-corrected chi connectivity index (χ1v) is 4.69. The Labute approximate surface area is 73.1 Å². The summed E-state index contributed by atoms with van der Waals surface area (Å²) < 4.78 is 2.17. The van der Waals surface area contributed by atoms with E-state index in [-0.39, 0.29) is 0 Å². The average Bonchev–Trinajstić information content (AvgIpc) is 2.62. The minimum atomic E-state index is 1.19. The van der Waals surface area contributed by atoms with E-state index >= 15 is 0 Å². The van der Waals surface area contributed by atoms with Crippen molar-refractivity contribution in [2.45, 2.75) is 0 Å². The van der Waals surface area contributed by atoms with E-state index in [2.05, 4.69) is 39.2 Å². The van der Waals surface area contributed by atoms with Gasteiger partial charge in [0.15, 0.2) is 11.0 Å². The average molecular weight is 175 g/mol. The second kappa shape index (κ2) is 2.08. The number of nitrogens with zero attached hydrogens (tertiary/aromatic N) is 1. The predicted octanol–water partition coefficient (Wildman–Crippen LogP) is 1.97. The van der Waals surface area contributed by atoms with E-state index in [0.717, 1.165) is 0 Å². The lowest BCUT2D eigenvalue weighted by Gasteiger charge is -1.79. The molecule has 2 nitrogen and oxygen atoms in total. The van der Waals surface area contributed by atoms with Gasteiger partial charge in [0.1, 0.15) is 6.20 Å². The molecule has 1 N–H and O–H groups in total. The summed E-state index contributed by atoms with van der Waals surface area (Å²) in [5, 5.41) is 2.08. The number of H-pyrrole nitrogens is 1. The first kappa shape index (κ1) is 6.20. The normalized spacial score (nSPS) is 11.3. The van der Waals surface area contributed by atoms with Gasteiger partial charge in [-0.2, -0.15) is 4.40 Å². The zero-order chi connectivity index (χ0) is 7.97. The van der Waals surface area contributed by atoms with Crippen molar-refractivity contribution in [1.82, 2.24) is 4.98 Å². The number of aromatic amines is 1. The minimum absolute atomic E-state index is 1.19. The summed E-state index contributed by atoms with van der Waals surface area (Å²) in [7, 11) is 0. The largest absolute Gasteiger partial charge is 0.344 e. The summed E-state index contributed by atoms with van der Waals surface area (Å²) in [4.78, 5) is 4.53. The van der Waals surface area contributed by atoms with Gasteiger partial charge >= 0.3 is 4.96 Å². The van der Waals surface area contributed by atoms with Gasteiger partial charge in [-0.3, -0.25) is 0 Å². The third-order valence-electron chi connectivity index (χ3n) is 2.01. The van der Waals surface area contributed by atoms with Crippen molar-refractivity contribution < 1.29 is 4.40 Å². The standard InChI is InChI=1S/C9H6N2S/c1-2-4-8-7(3-1)10-9-11(8)5-6-12-9/h1-6H/p+1. The van der Waals surface area contributed by atoms with Crippen LogP contribution in [0, 0.1) is 0 Å². The fourth-order valence-electron chi connectivity index (χ4n) is 1.46. The Bertz CT molecular complexity index is 534. The first-order chi connectivity index (χ1) is 5.95. The lowest BCUT2D eigenvalue weighted by Crippen LogP contribution is -2.13. The van der Waals surface area contributed by atoms with Crippen LogP contribution in [0.3, 0.4) is 0 Å². The van der Waals surface area contributed by atoms with Gasteiger partial charge in [0.05, 0.1) is 0 Å². The summed E-state index contributed by atoms with van der Waals surface area (Å²) in [5.74, 6) is 0. The quantitative estimate of drug-likeness (QED) is 0.504. The topological polar surface area (TPSA) is 19.9 Å². The molecule has 0 saturated heterocycles. The van der Waals surface area contributed by atoms with Crippen LogP contribution in [0.5, 0.6) is 0 Å². The molecular weight excluding hydrogens is 168 g/mol. The monoisotopic (exact) mass is 175 g/mol. The number of para-hydroxylation sites is 2. The number of benzene rings is 1. The SMILES string of the molecule is c1ccc2c(c1)[nH]c1scc[n+]12. The van der Waals surface area contributed by atoms with Gasteiger partial charge in [-0.05, 0) is 12.1 Å². The number of hydrogen-bond donors (Lipinski definition) is 1. The highest BCUT2D eigenvalue weighted by atomic mass is 32.1. The van der Waals surface area contributed by atoms with Gasteiger partial charge in [0.2, 0.25) is 0 Å². The van der Waals surface area contributed by atoms with Crippen molar-refractivity contribution in [3.05, 3.63) is 35.8 Å². The fourth-order valence-corrected chi connectivity index (χ4v) is 2.22. The van der Waals surface area contributed by atoms with Crippen LogP contribution < -0.4 is 4.40 Å². The number of imidazole rings is 1. The van der Waals surface area contributed by atoms with Crippen LogP contribution in [0.25, 0.3) is 16.0 Å². The number of thiazole rings is 1. The molecule has 0 amide bonds. The lowest BCUT2D eigenvalue weighted by atomic mass is 10.3. The van der Waals surface area contributed by atoms with Crippen LogP contribution in [0.2, 0.25) is 0 Å². The Kier molecular flexibility index (Phi) is 1.07. The van der Waals surface area contributed by atoms with Crippen LogP contribution in [0.15, 0.2) is 35.8 Å². The van der Waals surface area contributed by atoms with Crippen molar-refractivity contribution in [3.8, 4) is 0 Å². The lowest BCUT2D eigenvalue weighted by molar-refractivity contribution is -0.476. The highest BCUT2D eigenvalue weighted by molar-refractivity contribution is 7.14. The van der Waals surface area contributed by atoms with E-state index in [1.165, 1.54) is 16.0 Å². The summed E-state index contributed by atoms with van der Waals surface area (Å²) in [6.07, 6.45) is 2.08. The van der Waals surface area contributed by atoms with E-state index in [1.807, 2.05) is 6.07 Å². The molecule has 3 rings (SSSR count). The van der Waals surface area contributed by atoms with E-state index in [9.17, 15) is 0 Å². The van der Waals surface area contributed by atoms with Gasteiger partial charge in [-0.1, -0.05) is 23.5 Å². The molecule has 0 fully saturated rings. The maximum absolute atomic E-state index is 3.34. The van der Waals surface area contributed by atoms with Crippen LogP contribution in [0.1, 0.15) is 0 Å². The molecule has 0 bridgehead atoms. The van der Waals surface area contributed by atoms with Crippen molar-refractivity contribution in [1.29, 1.82) is 0 Å². The second-order valence-electron chi connectivity index (χ2n) is 2.72. The molecule has 12 heavy (non-hydrogen) atoms. The van der Waals surface area contributed by atoms with Gasteiger partial charge in [-0.15, -0.1) is 0 Å². The second-order valence-corrected chi connectivity index (χ2v) is 3.61. The molecular formula is C9H7N2S+. The van der Waals surface area contributed by atoms with Crippen LogP contribution in [-0.2, 0) is 0 Å². The van der Waals surface area contributed by atoms with Gasteiger partial charge < -0.3 is 0 Å². The molecule has 58 valence electrons. The van der Waals surface area contributed by atoms with Gasteiger partial charge in [0.25, 0.3) is 0 Å². The van der Waals surface area contributed by atoms with Crippen LogP contribution in [-0.4, -0.2) is 4.98 Å². The Morgan fingerprint density at radius 2 is 2.17 bits per heavy atom. The Hall–Kier alpha value is -1.35. The molecule has 1 aromatic carbocycles. The number of aromatic nitrogens is 2. The van der Waals surface area contributed by atoms with E-state index in [1.54, 1.807) is 11.3 Å². The van der Waals surface area contributed by atoms with E-state index in [4.69, 9.17) is 0 Å². The smallest absolute Gasteiger partial charge is 0.227 e. The molecule has 0 spiro atoms. The van der Waals surface area contributed by atoms with Gasteiger partial charge in [-0.25, -0.2) is 4.98 Å². The zero-order valence-electron chi connectivity index (χ0n) is 6.32. The van der Waals surface area contributed by atoms with Crippen molar-refractivity contribution in [2.75, 3.05) is 0 Å². The molecule has 0 aliphatic rings. The van der Waals surface area contributed by atoms with Crippen molar-refractivity contribution >= 4 is 27.3 Å². The Morgan fingerprint density at radius 1 is 1.25 bits per heavy atom. The number of hydrogen-bond acceptors (Lipinski definition) is 1. The van der Waals surface area contributed by atoms with Crippen molar-refractivity contribution in [3.63, 3.8) is 0 Å². The van der Waals surface area contributed by atoms with Crippen LogP contribution >= 0.6 is 11.3 Å². The highest BCUT2D eigenvalue weighted by Crippen LogP contribution is 2.12. The number of rotatable bonds is 0. The van der Waals surface area contributed by atoms with E-state index < -0.39 is 0 Å².